The van der Waals surface area contributed by atoms with Crippen molar-refractivity contribution in [2.75, 3.05) is 18.0 Å². The number of hydrogen-bond donors (Lipinski definition) is 1. The first-order valence-corrected chi connectivity index (χ1v) is 5.94. The van der Waals surface area contributed by atoms with E-state index in [0.717, 1.165) is 16.8 Å². The van der Waals surface area contributed by atoms with Crippen LogP contribution >= 0.6 is 24.8 Å². The molecule has 2 rings (SSSR count). The normalized spacial score (nSPS) is 17.4. The minimum atomic E-state index is -2.48. The van der Waals surface area contributed by atoms with Gasteiger partial charge in [0.05, 0.1) is 0 Å². The minimum absolute atomic E-state index is 0. The van der Waals surface area contributed by atoms with Crippen molar-refractivity contribution < 1.29 is 8.78 Å². The van der Waals surface area contributed by atoms with Crippen LogP contribution in [0.5, 0.6) is 0 Å². The van der Waals surface area contributed by atoms with Crippen LogP contribution in [0.1, 0.15) is 24.0 Å². The predicted molar refractivity (Wildman–Crippen MR) is 80.0 cm³/mol. The fourth-order valence-electron chi connectivity index (χ4n) is 2.20. The lowest BCUT2D eigenvalue weighted by Crippen LogP contribution is -2.39. The van der Waals surface area contributed by atoms with Crippen molar-refractivity contribution in [2.45, 2.75) is 32.2 Å². The Bertz CT molecular complexity index is 404. The smallest absolute Gasteiger partial charge is 0.251 e. The lowest BCUT2D eigenvalue weighted by atomic mass is 10.0. The Labute approximate surface area is 125 Å². The summed E-state index contributed by atoms with van der Waals surface area (Å²) >= 11 is 0. The first kappa shape index (κ1) is 18.4. The van der Waals surface area contributed by atoms with Gasteiger partial charge in [-0.15, -0.1) is 24.8 Å². The summed E-state index contributed by atoms with van der Waals surface area (Å²) in [6, 6.07) is 5.99. The molecule has 0 atom stereocenters. The van der Waals surface area contributed by atoms with Crippen LogP contribution in [0.25, 0.3) is 0 Å². The molecule has 2 N–H and O–H groups in total. The molecule has 110 valence electrons. The molecule has 0 aliphatic carbocycles. The highest BCUT2D eigenvalue weighted by Gasteiger charge is 2.33. The summed E-state index contributed by atoms with van der Waals surface area (Å²) in [5, 5.41) is 0. The van der Waals surface area contributed by atoms with E-state index in [4.69, 9.17) is 5.73 Å². The van der Waals surface area contributed by atoms with Gasteiger partial charge in [0.2, 0.25) is 0 Å². The second-order valence-electron chi connectivity index (χ2n) is 4.66. The van der Waals surface area contributed by atoms with E-state index < -0.39 is 5.92 Å². The molecule has 1 fully saturated rings. The van der Waals surface area contributed by atoms with E-state index in [0.29, 0.717) is 19.6 Å². The largest absolute Gasteiger partial charge is 0.371 e. The minimum Gasteiger partial charge on any atom is -0.371 e. The number of nitrogens with two attached hydrogens (primary N) is 1. The van der Waals surface area contributed by atoms with Gasteiger partial charge in [0.1, 0.15) is 0 Å². The Balaban J connectivity index is 0.00000162. The van der Waals surface area contributed by atoms with Crippen molar-refractivity contribution in [2.24, 2.45) is 5.73 Å². The number of anilines is 1. The number of alkyl halides is 2. The number of piperidine rings is 1. The van der Waals surface area contributed by atoms with Crippen LogP contribution in [-0.2, 0) is 6.54 Å². The van der Waals surface area contributed by atoms with Crippen molar-refractivity contribution in [3.63, 3.8) is 0 Å². The summed E-state index contributed by atoms with van der Waals surface area (Å²) in [6.07, 6.45) is -0.102. The molecule has 0 spiro atoms. The van der Waals surface area contributed by atoms with Crippen LogP contribution < -0.4 is 10.6 Å². The Morgan fingerprint density at radius 2 is 1.79 bits per heavy atom. The average Bonchev–Trinajstić information content (AvgIpc) is 2.29. The molecule has 0 aromatic heterocycles. The van der Waals surface area contributed by atoms with E-state index in [9.17, 15) is 8.78 Å². The summed E-state index contributed by atoms with van der Waals surface area (Å²) in [5.41, 5.74) is 8.86. The van der Waals surface area contributed by atoms with Gasteiger partial charge in [-0.3, -0.25) is 0 Å². The molecule has 0 radical (unpaired) electrons. The fraction of sp³-hybridized carbons (Fsp3) is 0.538. The molecule has 6 heteroatoms. The lowest BCUT2D eigenvalue weighted by molar-refractivity contribution is -0.0220. The number of nitrogens with zero attached hydrogens (tertiary/aromatic N) is 1. The maximum atomic E-state index is 13.0. The molecule has 1 aromatic rings. The van der Waals surface area contributed by atoms with E-state index >= 15 is 0 Å². The molecule has 0 unspecified atom stereocenters. The monoisotopic (exact) mass is 312 g/mol. The summed E-state index contributed by atoms with van der Waals surface area (Å²) < 4.78 is 26.1. The van der Waals surface area contributed by atoms with Gasteiger partial charge in [-0.25, -0.2) is 8.78 Å². The van der Waals surface area contributed by atoms with Crippen LogP contribution in [0.2, 0.25) is 0 Å². The summed E-state index contributed by atoms with van der Waals surface area (Å²) in [6.45, 7) is 3.37. The van der Waals surface area contributed by atoms with Gasteiger partial charge in [0.15, 0.2) is 0 Å². The first-order valence-electron chi connectivity index (χ1n) is 5.94. The fourth-order valence-corrected chi connectivity index (χ4v) is 2.20. The zero-order chi connectivity index (χ0) is 12.5. The maximum absolute atomic E-state index is 13.0. The SMILES string of the molecule is Cc1cc(N2CCC(F)(F)CC2)ccc1CN.Cl.Cl. The van der Waals surface area contributed by atoms with Crippen molar-refractivity contribution in [3.05, 3.63) is 29.3 Å². The third-order valence-electron chi connectivity index (χ3n) is 3.41. The number of benzene rings is 1. The van der Waals surface area contributed by atoms with E-state index in [2.05, 4.69) is 0 Å². The number of rotatable bonds is 2. The van der Waals surface area contributed by atoms with Crippen LogP contribution in [0.3, 0.4) is 0 Å². The van der Waals surface area contributed by atoms with E-state index in [-0.39, 0.29) is 37.7 Å². The maximum Gasteiger partial charge on any atom is 0.251 e. The van der Waals surface area contributed by atoms with Gasteiger partial charge in [-0.2, -0.15) is 0 Å². The van der Waals surface area contributed by atoms with Crippen molar-refractivity contribution in [1.82, 2.24) is 0 Å². The highest BCUT2D eigenvalue weighted by atomic mass is 35.5. The van der Waals surface area contributed by atoms with Crippen LogP contribution in [0.4, 0.5) is 14.5 Å². The van der Waals surface area contributed by atoms with Gasteiger partial charge < -0.3 is 10.6 Å². The van der Waals surface area contributed by atoms with Gasteiger partial charge in [0, 0.05) is 38.2 Å². The highest BCUT2D eigenvalue weighted by molar-refractivity contribution is 5.85. The zero-order valence-corrected chi connectivity index (χ0v) is 12.5. The zero-order valence-electron chi connectivity index (χ0n) is 10.9. The van der Waals surface area contributed by atoms with Crippen molar-refractivity contribution in [3.8, 4) is 0 Å². The summed E-state index contributed by atoms with van der Waals surface area (Å²) in [7, 11) is 0. The van der Waals surface area contributed by atoms with Crippen molar-refractivity contribution in [1.29, 1.82) is 0 Å². The van der Waals surface area contributed by atoms with Crippen LogP contribution in [0, 0.1) is 6.92 Å². The average molecular weight is 313 g/mol. The van der Waals surface area contributed by atoms with Crippen LogP contribution in [-0.4, -0.2) is 19.0 Å². The van der Waals surface area contributed by atoms with E-state index in [1.807, 2.05) is 30.0 Å². The molecule has 1 aliphatic heterocycles. The van der Waals surface area contributed by atoms with Gasteiger partial charge in [-0.1, -0.05) is 6.07 Å². The third-order valence-corrected chi connectivity index (χ3v) is 3.41. The lowest BCUT2D eigenvalue weighted by Gasteiger charge is -2.33. The van der Waals surface area contributed by atoms with Gasteiger partial charge in [-0.05, 0) is 30.2 Å². The van der Waals surface area contributed by atoms with Crippen molar-refractivity contribution >= 4 is 30.5 Å². The van der Waals surface area contributed by atoms with E-state index in [1.165, 1.54) is 0 Å². The molecule has 0 saturated carbocycles. The molecule has 1 saturated heterocycles. The Hall–Kier alpha value is -0.580. The first-order chi connectivity index (χ1) is 8.02. The van der Waals surface area contributed by atoms with Crippen LogP contribution in [0.15, 0.2) is 18.2 Å². The molecule has 1 aromatic carbocycles. The third kappa shape index (κ3) is 4.48. The molecule has 19 heavy (non-hydrogen) atoms. The summed E-state index contributed by atoms with van der Waals surface area (Å²) in [4.78, 5) is 2.02. The number of halogens is 4. The second kappa shape index (κ2) is 7.27. The molecule has 1 heterocycles. The highest BCUT2D eigenvalue weighted by Crippen LogP contribution is 2.31. The molecule has 2 nitrogen and oxygen atoms in total. The Morgan fingerprint density at radius 1 is 1.21 bits per heavy atom. The van der Waals surface area contributed by atoms with Gasteiger partial charge in [0.25, 0.3) is 5.92 Å². The number of hydrogen-bond acceptors (Lipinski definition) is 2. The molecule has 0 amide bonds. The molecular weight excluding hydrogens is 293 g/mol. The number of aryl methyl sites for hydroxylation is 1. The quantitative estimate of drug-likeness (QED) is 0.905. The summed E-state index contributed by atoms with van der Waals surface area (Å²) in [5.74, 6) is -2.48. The van der Waals surface area contributed by atoms with Gasteiger partial charge >= 0.3 is 0 Å². The molecule has 0 bridgehead atoms. The predicted octanol–water partition coefficient (Wildman–Crippen LogP) is 3.53. The molecule has 1 aliphatic rings. The molecular formula is C13H20Cl2F2N2. The Morgan fingerprint density at radius 3 is 2.26 bits per heavy atom. The topological polar surface area (TPSA) is 29.3 Å². The van der Waals surface area contributed by atoms with E-state index in [1.54, 1.807) is 0 Å². The Kier molecular flexibility index (Phi) is 7.05. The second-order valence-corrected chi connectivity index (χ2v) is 4.66. The standard InChI is InChI=1S/C13H18F2N2.2ClH/c1-10-8-12(3-2-11(10)9-16)17-6-4-13(14,15)5-7-17;;/h2-3,8H,4-7,9,16H2,1H3;2*1H.